The Balaban J connectivity index is 2.83. The summed E-state index contributed by atoms with van der Waals surface area (Å²) < 4.78 is 2.42. The van der Waals surface area contributed by atoms with Crippen molar-refractivity contribution < 1.29 is 0 Å². The molecule has 1 atom stereocenters. The topological polar surface area (TPSA) is 12.0 Å². The lowest BCUT2D eigenvalue weighted by molar-refractivity contribution is 0.412. The molecule has 1 aromatic rings. The molecule has 86 valence electrons. The summed E-state index contributed by atoms with van der Waals surface area (Å²) in [5, 5.41) is 3.60. The second-order valence-corrected chi connectivity index (χ2v) is 7.70. The first kappa shape index (κ1) is 13.7. The van der Waals surface area contributed by atoms with Gasteiger partial charge in [-0.2, -0.15) is 0 Å². The van der Waals surface area contributed by atoms with E-state index in [1.807, 2.05) is 0 Å². The summed E-state index contributed by atoms with van der Waals surface area (Å²) >= 11 is 8.90. The molecule has 0 fully saturated rings. The number of nitrogens with one attached hydrogen (secondary N) is 1. The zero-order valence-electron chi connectivity index (χ0n) is 9.31. The highest BCUT2D eigenvalue weighted by Crippen LogP contribution is 2.37. The Morgan fingerprint density at radius 2 is 2.07 bits per heavy atom. The van der Waals surface area contributed by atoms with Crippen LogP contribution in [0.2, 0.25) is 0 Å². The molecule has 1 unspecified atom stereocenters. The summed E-state index contributed by atoms with van der Waals surface area (Å²) in [7, 11) is 0. The highest BCUT2D eigenvalue weighted by atomic mass is 79.9. The summed E-state index contributed by atoms with van der Waals surface area (Å²) in [6, 6.07) is 2.66. The van der Waals surface area contributed by atoms with E-state index in [1.54, 1.807) is 11.3 Å². The van der Waals surface area contributed by atoms with Crippen LogP contribution in [-0.2, 0) is 0 Å². The molecule has 0 radical (unpaired) electrons. The van der Waals surface area contributed by atoms with Crippen molar-refractivity contribution in [1.29, 1.82) is 0 Å². The van der Waals surface area contributed by atoms with Crippen LogP contribution in [0, 0.1) is 5.92 Å². The van der Waals surface area contributed by atoms with Gasteiger partial charge in [-0.05, 0) is 62.4 Å². The van der Waals surface area contributed by atoms with Crippen LogP contribution in [0.5, 0.6) is 0 Å². The van der Waals surface area contributed by atoms with Crippen molar-refractivity contribution in [2.45, 2.75) is 33.2 Å². The molecule has 1 nitrogen and oxygen atoms in total. The first-order valence-corrected chi connectivity index (χ1v) is 7.64. The van der Waals surface area contributed by atoms with Crippen molar-refractivity contribution in [3.05, 3.63) is 19.2 Å². The van der Waals surface area contributed by atoms with Gasteiger partial charge in [0.25, 0.3) is 0 Å². The fourth-order valence-corrected chi connectivity index (χ4v) is 4.50. The second-order valence-electron chi connectivity index (χ2n) is 3.96. The van der Waals surface area contributed by atoms with E-state index in [-0.39, 0.29) is 0 Å². The third-order valence-corrected chi connectivity index (χ3v) is 4.68. The van der Waals surface area contributed by atoms with E-state index in [0.717, 1.165) is 6.54 Å². The Morgan fingerprint density at radius 3 is 2.47 bits per heavy atom. The molecule has 0 spiro atoms. The van der Waals surface area contributed by atoms with Gasteiger partial charge < -0.3 is 5.32 Å². The Hall–Kier alpha value is 0.620. The largest absolute Gasteiger partial charge is 0.310 e. The van der Waals surface area contributed by atoms with Gasteiger partial charge in [0.05, 0.1) is 7.57 Å². The van der Waals surface area contributed by atoms with Crippen LogP contribution in [0.25, 0.3) is 0 Å². The van der Waals surface area contributed by atoms with Crippen LogP contribution < -0.4 is 5.32 Å². The lowest BCUT2D eigenvalue weighted by atomic mass is 9.98. The number of hydrogen-bond acceptors (Lipinski definition) is 2. The molecule has 1 heterocycles. The van der Waals surface area contributed by atoms with Crippen LogP contribution in [0.4, 0.5) is 0 Å². The van der Waals surface area contributed by atoms with Crippen LogP contribution in [0.3, 0.4) is 0 Å². The quantitative estimate of drug-likeness (QED) is 0.787. The maximum Gasteiger partial charge on any atom is 0.0758 e. The predicted molar refractivity (Wildman–Crippen MR) is 75.6 cm³/mol. The fraction of sp³-hybridized carbons (Fsp3) is 0.636. The van der Waals surface area contributed by atoms with Crippen molar-refractivity contribution in [2.24, 2.45) is 5.92 Å². The van der Waals surface area contributed by atoms with E-state index in [0.29, 0.717) is 12.0 Å². The molecule has 0 saturated carbocycles. The maximum absolute atomic E-state index is 3.63. The highest BCUT2D eigenvalue weighted by Gasteiger charge is 2.19. The van der Waals surface area contributed by atoms with Gasteiger partial charge in [-0.25, -0.2) is 0 Å². The minimum Gasteiger partial charge on any atom is -0.310 e. The van der Waals surface area contributed by atoms with Crippen molar-refractivity contribution >= 4 is 43.2 Å². The number of rotatable bonds is 5. The molecule has 0 aliphatic carbocycles. The van der Waals surface area contributed by atoms with Crippen molar-refractivity contribution in [3.8, 4) is 0 Å². The fourth-order valence-electron chi connectivity index (χ4n) is 1.57. The minimum absolute atomic E-state index is 0.446. The molecular weight excluding hydrogens is 338 g/mol. The first-order chi connectivity index (χ1) is 7.06. The molecule has 1 N–H and O–H groups in total. The molecular formula is C11H17Br2NS. The Kier molecular flexibility index (Phi) is 5.82. The van der Waals surface area contributed by atoms with E-state index in [1.165, 1.54) is 19.6 Å². The van der Waals surface area contributed by atoms with Gasteiger partial charge in [0.1, 0.15) is 0 Å². The van der Waals surface area contributed by atoms with E-state index in [2.05, 4.69) is 64.0 Å². The Bertz CT molecular complexity index is 310. The van der Waals surface area contributed by atoms with Gasteiger partial charge in [-0.15, -0.1) is 11.3 Å². The molecule has 15 heavy (non-hydrogen) atoms. The number of hydrogen-bond donors (Lipinski definition) is 1. The van der Waals surface area contributed by atoms with Crippen LogP contribution in [-0.4, -0.2) is 6.54 Å². The SMILES string of the molecule is CCCNC(c1cc(Br)sc1Br)C(C)C. The van der Waals surface area contributed by atoms with Crippen molar-refractivity contribution in [3.63, 3.8) is 0 Å². The molecule has 0 amide bonds. The standard InChI is InChI=1S/C11H17Br2NS/c1-4-5-14-10(7(2)3)8-6-9(12)15-11(8)13/h6-7,10,14H,4-5H2,1-3H3. The van der Waals surface area contributed by atoms with E-state index >= 15 is 0 Å². The highest BCUT2D eigenvalue weighted by molar-refractivity contribution is 9.12. The lowest BCUT2D eigenvalue weighted by Crippen LogP contribution is -2.26. The van der Waals surface area contributed by atoms with Gasteiger partial charge in [0.15, 0.2) is 0 Å². The zero-order chi connectivity index (χ0) is 11.4. The summed E-state index contributed by atoms with van der Waals surface area (Å²) in [4.78, 5) is 0. The molecule has 0 saturated heterocycles. The zero-order valence-corrected chi connectivity index (χ0v) is 13.3. The maximum atomic E-state index is 3.63. The molecule has 0 aliphatic heterocycles. The van der Waals surface area contributed by atoms with E-state index < -0.39 is 0 Å². The van der Waals surface area contributed by atoms with Gasteiger partial charge >= 0.3 is 0 Å². The third-order valence-electron chi connectivity index (χ3n) is 2.30. The molecule has 0 aromatic carbocycles. The van der Waals surface area contributed by atoms with Crippen molar-refractivity contribution in [1.82, 2.24) is 5.32 Å². The third kappa shape index (κ3) is 3.84. The lowest BCUT2D eigenvalue weighted by Gasteiger charge is -2.22. The van der Waals surface area contributed by atoms with Gasteiger partial charge in [-0.3, -0.25) is 0 Å². The van der Waals surface area contributed by atoms with Crippen LogP contribution in [0.1, 0.15) is 38.8 Å². The van der Waals surface area contributed by atoms with E-state index in [4.69, 9.17) is 0 Å². The Morgan fingerprint density at radius 1 is 1.40 bits per heavy atom. The van der Waals surface area contributed by atoms with Crippen LogP contribution in [0.15, 0.2) is 13.6 Å². The number of thiophene rings is 1. The molecule has 0 bridgehead atoms. The predicted octanol–water partition coefficient (Wildman–Crippen LogP) is 4.97. The van der Waals surface area contributed by atoms with Crippen molar-refractivity contribution in [2.75, 3.05) is 6.54 Å². The summed E-state index contributed by atoms with van der Waals surface area (Å²) in [5.41, 5.74) is 1.37. The summed E-state index contributed by atoms with van der Waals surface area (Å²) in [6.45, 7) is 7.78. The summed E-state index contributed by atoms with van der Waals surface area (Å²) in [5.74, 6) is 0.606. The van der Waals surface area contributed by atoms with E-state index in [9.17, 15) is 0 Å². The summed E-state index contributed by atoms with van der Waals surface area (Å²) in [6.07, 6.45) is 1.17. The van der Waals surface area contributed by atoms with Gasteiger partial charge in [-0.1, -0.05) is 20.8 Å². The first-order valence-electron chi connectivity index (χ1n) is 5.24. The Labute approximate surface area is 113 Å². The molecule has 0 aliphatic rings. The average molecular weight is 355 g/mol. The monoisotopic (exact) mass is 353 g/mol. The number of halogens is 2. The minimum atomic E-state index is 0.446. The molecule has 4 heteroatoms. The van der Waals surface area contributed by atoms with Crippen LogP contribution >= 0.6 is 43.2 Å². The molecule has 1 aromatic heterocycles. The smallest absolute Gasteiger partial charge is 0.0758 e. The normalized spacial score (nSPS) is 13.5. The molecule has 1 rings (SSSR count). The second kappa shape index (κ2) is 6.38. The average Bonchev–Trinajstić information content (AvgIpc) is 2.46. The van der Waals surface area contributed by atoms with Gasteiger partial charge in [0.2, 0.25) is 0 Å². The van der Waals surface area contributed by atoms with Gasteiger partial charge in [0, 0.05) is 6.04 Å².